The molecule has 8 heteroatoms. The molecule has 0 spiro atoms. The van der Waals surface area contributed by atoms with Gasteiger partial charge in [-0.05, 0) is 49.7 Å². The van der Waals surface area contributed by atoms with Crippen molar-refractivity contribution in [1.82, 2.24) is 5.43 Å². The van der Waals surface area contributed by atoms with Gasteiger partial charge in [-0.3, -0.25) is 4.79 Å². The Morgan fingerprint density at radius 2 is 1.82 bits per heavy atom. The van der Waals surface area contributed by atoms with Crippen molar-refractivity contribution in [1.29, 1.82) is 0 Å². The van der Waals surface area contributed by atoms with Gasteiger partial charge in [0.2, 0.25) is 0 Å². The Kier molecular flexibility index (Phi) is 7.88. The van der Waals surface area contributed by atoms with E-state index in [9.17, 15) is 9.59 Å². The number of rotatable bonds is 7. The highest BCUT2D eigenvalue weighted by molar-refractivity contribution is 8.00. The highest BCUT2D eigenvalue weighted by Crippen LogP contribution is 2.28. The van der Waals surface area contributed by atoms with E-state index in [2.05, 4.69) is 15.3 Å². The molecular formula is C20H22N2O5S. The number of benzene rings is 2. The van der Waals surface area contributed by atoms with Crippen LogP contribution in [0.2, 0.25) is 0 Å². The van der Waals surface area contributed by atoms with Crippen molar-refractivity contribution in [3.05, 3.63) is 53.6 Å². The highest BCUT2D eigenvalue weighted by Gasteiger charge is 2.14. The zero-order valence-corrected chi connectivity index (χ0v) is 16.9. The first-order valence-corrected chi connectivity index (χ1v) is 9.31. The number of nitrogens with zero attached hydrogens (tertiary/aromatic N) is 1. The third-order valence-electron chi connectivity index (χ3n) is 3.64. The standard InChI is InChI=1S/C20H22N2O5S/c1-13-5-8-16(9-6-13)28-14(2)19(23)22-21-12-15-7-10-17(18(11-15)25-3)27-20(24)26-4/h5-12,14H,1-4H3,(H,22,23)/b21-12-/t14-/m0/s1. The smallest absolute Gasteiger partial charge is 0.493 e. The van der Waals surface area contributed by atoms with E-state index in [1.807, 2.05) is 38.1 Å². The maximum absolute atomic E-state index is 12.2. The van der Waals surface area contributed by atoms with Crippen LogP contribution in [0.5, 0.6) is 11.5 Å². The lowest BCUT2D eigenvalue weighted by atomic mass is 10.2. The molecule has 148 valence electrons. The Hall–Kier alpha value is -3.00. The highest BCUT2D eigenvalue weighted by atomic mass is 32.2. The number of hydrazone groups is 1. The molecule has 0 radical (unpaired) electrons. The second-order valence-electron chi connectivity index (χ2n) is 5.77. The molecule has 0 fully saturated rings. The molecule has 0 saturated carbocycles. The van der Waals surface area contributed by atoms with E-state index in [-0.39, 0.29) is 16.9 Å². The zero-order valence-electron chi connectivity index (χ0n) is 16.1. The van der Waals surface area contributed by atoms with Gasteiger partial charge in [0.1, 0.15) is 0 Å². The van der Waals surface area contributed by atoms with Gasteiger partial charge >= 0.3 is 6.16 Å². The van der Waals surface area contributed by atoms with E-state index >= 15 is 0 Å². The molecule has 1 N–H and O–H groups in total. The normalized spacial score (nSPS) is 11.7. The first-order chi connectivity index (χ1) is 13.4. The van der Waals surface area contributed by atoms with Crippen molar-refractivity contribution >= 4 is 30.0 Å². The van der Waals surface area contributed by atoms with Gasteiger partial charge in [0.05, 0.1) is 25.7 Å². The SMILES string of the molecule is COC(=O)Oc1ccc(/C=N\NC(=O)[C@H](C)Sc2ccc(C)cc2)cc1OC. The van der Waals surface area contributed by atoms with Crippen LogP contribution in [0, 0.1) is 6.92 Å². The van der Waals surface area contributed by atoms with Crippen LogP contribution in [0.3, 0.4) is 0 Å². The summed E-state index contributed by atoms with van der Waals surface area (Å²) >= 11 is 1.46. The molecule has 28 heavy (non-hydrogen) atoms. The average molecular weight is 402 g/mol. The van der Waals surface area contributed by atoms with Crippen LogP contribution in [0.25, 0.3) is 0 Å². The fraction of sp³-hybridized carbons (Fsp3) is 0.250. The molecule has 1 atom stereocenters. The molecule has 0 aliphatic carbocycles. The number of hydrogen-bond acceptors (Lipinski definition) is 7. The topological polar surface area (TPSA) is 86.2 Å². The molecule has 0 aromatic heterocycles. The summed E-state index contributed by atoms with van der Waals surface area (Å²) in [6.45, 7) is 3.83. The first-order valence-electron chi connectivity index (χ1n) is 8.43. The molecule has 0 heterocycles. The summed E-state index contributed by atoms with van der Waals surface area (Å²) in [6.07, 6.45) is 0.637. The van der Waals surface area contributed by atoms with Gasteiger partial charge in [0.25, 0.3) is 5.91 Å². The van der Waals surface area contributed by atoms with Crippen LogP contribution in [-0.4, -0.2) is 37.7 Å². The van der Waals surface area contributed by atoms with Crippen LogP contribution >= 0.6 is 11.8 Å². The monoisotopic (exact) mass is 402 g/mol. The van der Waals surface area contributed by atoms with Crippen molar-refractivity contribution < 1.29 is 23.8 Å². The quantitative estimate of drug-likeness (QED) is 0.249. The number of aryl methyl sites for hydroxylation is 1. The maximum Gasteiger partial charge on any atom is 0.513 e. The van der Waals surface area contributed by atoms with Gasteiger partial charge in [-0.25, -0.2) is 10.2 Å². The molecule has 0 bridgehead atoms. The summed E-state index contributed by atoms with van der Waals surface area (Å²) in [4.78, 5) is 24.4. The second kappa shape index (κ2) is 10.4. The van der Waals surface area contributed by atoms with E-state index in [4.69, 9.17) is 9.47 Å². The second-order valence-corrected chi connectivity index (χ2v) is 7.19. The van der Waals surface area contributed by atoms with Crippen molar-refractivity contribution in [3.63, 3.8) is 0 Å². The fourth-order valence-electron chi connectivity index (χ4n) is 2.12. The van der Waals surface area contributed by atoms with E-state index in [0.29, 0.717) is 11.3 Å². The van der Waals surface area contributed by atoms with Gasteiger partial charge in [-0.15, -0.1) is 11.8 Å². The van der Waals surface area contributed by atoms with Gasteiger partial charge in [-0.1, -0.05) is 17.7 Å². The minimum Gasteiger partial charge on any atom is -0.493 e. The third-order valence-corrected chi connectivity index (χ3v) is 4.75. The summed E-state index contributed by atoms with van der Waals surface area (Å²) in [7, 11) is 2.67. The summed E-state index contributed by atoms with van der Waals surface area (Å²) in [6, 6.07) is 12.8. The molecule has 2 aromatic rings. The van der Waals surface area contributed by atoms with Gasteiger partial charge in [-0.2, -0.15) is 5.10 Å². The van der Waals surface area contributed by atoms with Crippen LogP contribution in [0.1, 0.15) is 18.1 Å². The predicted molar refractivity (Wildman–Crippen MR) is 108 cm³/mol. The van der Waals surface area contributed by atoms with E-state index < -0.39 is 6.16 Å². The molecule has 1 amide bonds. The summed E-state index contributed by atoms with van der Waals surface area (Å²) < 4.78 is 14.6. The summed E-state index contributed by atoms with van der Waals surface area (Å²) in [5, 5.41) is 3.67. The van der Waals surface area contributed by atoms with Gasteiger partial charge in [0.15, 0.2) is 11.5 Å². The lowest BCUT2D eigenvalue weighted by molar-refractivity contribution is -0.120. The number of ether oxygens (including phenoxy) is 3. The molecule has 7 nitrogen and oxygen atoms in total. The number of hydrogen-bond donors (Lipinski definition) is 1. The lowest BCUT2D eigenvalue weighted by Gasteiger charge is -2.10. The van der Waals surface area contributed by atoms with Crippen LogP contribution in [0.15, 0.2) is 52.5 Å². The van der Waals surface area contributed by atoms with Gasteiger partial charge in [0, 0.05) is 4.90 Å². The van der Waals surface area contributed by atoms with Crippen molar-refractivity contribution in [2.75, 3.05) is 14.2 Å². The van der Waals surface area contributed by atoms with Crippen molar-refractivity contribution in [3.8, 4) is 11.5 Å². The van der Waals surface area contributed by atoms with Gasteiger partial charge < -0.3 is 14.2 Å². The minimum atomic E-state index is -0.841. The van der Waals surface area contributed by atoms with E-state index in [1.54, 1.807) is 18.2 Å². The molecular weight excluding hydrogens is 380 g/mol. The van der Waals surface area contributed by atoms with Crippen LogP contribution in [0.4, 0.5) is 4.79 Å². The Balaban J connectivity index is 1.94. The van der Waals surface area contributed by atoms with Crippen LogP contribution in [-0.2, 0) is 9.53 Å². The largest absolute Gasteiger partial charge is 0.513 e. The number of thioether (sulfide) groups is 1. The number of amides is 1. The molecule has 0 aliphatic heterocycles. The Morgan fingerprint density at radius 1 is 1.11 bits per heavy atom. The summed E-state index contributed by atoms with van der Waals surface area (Å²) in [5.74, 6) is 0.349. The number of methoxy groups -OCH3 is 2. The average Bonchev–Trinajstić information content (AvgIpc) is 2.70. The van der Waals surface area contributed by atoms with E-state index in [0.717, 1.165) is 4.90 Å². The molecule has 0 saturated heterocycles. The Morgan fingerprint density at radius 3 is 2.46 bits per heavy atom. The fourth-order valence-corrected chi connectivity index (χ4v) is 2.98. The van der Waals surface area contributed by atoms with Crippen molar-refractivity contribution in [2.24, 2.45) is 5.10 Å². The number of carbonyl (C=O) groups excluding carboxylic acids is 2. The molecule has 2 rings (SSSR count). The summed E-state index contributed by atoms with van der Waals surface area (Å²) in [5.41, 5.74) is 4.35. The molecule has 0 aliphatic rings. The Labute approximate surface area is 168 Å². The molecule has 2 aromatic carbocycles. The number of nitrogens with one attached hydrogen (secondary N) is 1. The van der Waals surface area contributed by atoms with E-state index in [1.165, 1.54) is 37.8 Å². The third kappa shape index (κ3) is 6.31. The van der Waals surface area contributed by atoms with Crippen LogP contribution < -0.4 is 14.9 Å². The minimum absolute atomic E-state index is 0.209. The maximum atomic E-state index is 12.2. The number of carbonyl (C=O) groups is 2. The molecule has 0 unspecified atom stereocenters. The first kappa shape index (κ1) is 21.3. The lowest BCUT2D eigenvalue weighted by Crippen LogP contribution is -2.26. The van der Waals surface area contributed by atoms with Crippen molar-refractivity contribution in [2.45, 2.75) is 24.0 Å². The predicted octanol–water partition coefficient (Wildman–Crippen LogP) is 3.78. The Bertz CT molecular complexity index is 852. The zero-order chi connectivity index (χ0) is 20.5.